The van der Waals surface area contributed by atoms with Crippen LogP contribution in [0.25, 0.3) is 0 Å². The highest BCUT2D eigenvalue weighted by atomic mass is 35.5. The monoisotopic (exact) mass is 277 g/mol. The van der Waals surface area contributed by atoms with Crippen LogP contribution in [-0.4, -0.2) is 13.2 Å². The van der Waals surface area contributed by atoms with Gasteiger partial charge in [-0.2, -0.15) is 0 Å². The maximum atomic E-state index is 10.9. The van der Waals surface area contributed by atoms with E-state index in [-0.39, 0.29) is 5.02 Å². The van der Waals surface area contributed by atoms with Crippen molar-refractivity contribution in [1.82, 2.24) is 0 Å². The van der Waals surface area contributed by atoms with Gasteiger partial charge in [-0.05, 0) is 6.07 Å². The van der Waals surface area contributed by atoms with Gasteiger partial charge in [-0.3, -0.25) is 0 Å². The van der Waals surface area contributed by atoms with Crippen LogP contribution in [0.15, 0.2) is 18.2 Å². The Morgan fingerprint density at radius 3 is 2.59 bits per heavy atom. The zero-order valence-corrected chi connectivity index (χ0v) is 11.0. The fourth-order valence-electron chi connectivity index (χ4n) is 1.57. The summed E-state index contributed by atoms with van der Waals surface area (Å²) in [5.41, 5.74) is 5.51. The van der Waals surface area contributed by atoms with E-state index in [0.29, 0.717) is 17.0 Å². The molecular formula is C11H13Cl2NO3. The smallest absolute Gasteiger partial charge is 0.407 e. The highest BCUT2D eigenvalue weighted by Crippen LogP contribution is 2.38. The number of hydrogen-bond acceptors (Lipinski definition) is 3. The van der Waals surface area contributed by atoms with Crippen molar-refractivity contribution >= 4 is 29.3 Å². The van der Waals surface area contributed by atoms with E-state index in [2.05, 4.69) is 0 Å². The first-order valence-corrected chi connectivity index (χ1v) is 5.70. The van der Waals surface area contributed by atoms with Gasteiger partial charge in [-0.15, -0.1) is 0 Å². The minimum atomic E-state index is -1.31. The molecule has 0 unspecified atom stereocenters. The molecule has 0 aliphatic carbocycles. The second-order valence-electron chi connectivity index (χ2n) is 3.33. The van der Waals surface area contributed by atoms with E-state index < -0.39 is 11.9 Å². The Bertz CT molecular complexity index is 419. The third kappa shape index (κ3) is 2.83. The zero-order valence-electron chi connectivity index (χ0n) is 9.50. The zero-order chi connectivity index (χ0) is 13.1. The summed E-state index contributed by atoms with van der Waals surface area (Å²) >= 11 is 12.0. The quantitative estimate of drug-likeness (QED) is 0.859. The average Bonchev–Trinajstić information content (AvgIpc) is 2.30. The summed E-state index contributed by atoms with van der Waals surface area (Å²) in [4.78, 5) is 10.9. The van der Waals surface area contributed by atoms with Gasteiger partial charge in [0.05, 0.1) is 10.0 Å². The van der Waals surface area contributed by atoms with Crippen molar-refractivity contribution in [3.05, 3.63) is 33.8 Å². The average molecular weight is 278 g/mol. The Kier molecular flexibility index (Phi) is 4.62. The van der Waals surface area contributed by atoms with Crippen molar-refractivity contribution in [3.8, 4) is 0 Å². The van der Waals surface area contributed by atoms with Gasteiger partial charge < -0.3 is 15.2 Å². The lowest BCUT2D eigenvalue weighted by Crippen LogP contribution is -2.36. The molecule has 0 aliphatic rings. The SMILES string of the molecule is CC[C@](OC)(OC(N)=O)c1cccc(Cl)c1Cl. The summed E-state index contributed by atoms with van der Waals surface area (Å²) < 4.78 is 10.3. The van der Waals surface area contributed by atoms with Crippen LogP contribution in [-0.2, 0) is 15.3 Å². The fraction of sp³-hybridized carbons (Fsp3) is 0.364. The van der Waals surface area contributed by atoms with Gasteiger partial charge >= 0.3 is 6.09 Å². The number of ether oxygens (including phenoxy) is 2. The first-order valence-electron chi connectivity index (χ1n) is 4.95. The molecule has 0 aromatic heterocycles. The van der Waals surface area contributed by atoms with E-state index in [1.807, 2.05) is 0 Å². The Morgan fingerprint density at radius 1 is 1.47 bits per heavy atom. The van der Waals surface area contributed by atoms with Crippen molar-refractivity contribution in [1.29, 1.82) is 0 Å². The Balaban J connectivity index is 3.31. The summed E-state index contributed by atoms with van der Waals surface area (Å²) in [6.07, 6.45) is -0.586. The van der Waals surface area contributed by atoms with Crippen LogP contribution in [0.5, 0.6) is 0 Å². The lowest BCUT2D eigenvalue weighted by atomic mass is 10.0. The molecule has 1 aromatic carbocycles. The van der Waals surface area contributed by atoms with Crippen molar-refractivity contribution < 1.29 is 14.3 Å². The Morgan fingerprint density at radius 2 is 2.12 bits per heavy atom. The Hall–Kier alpha value is -0.970. The van der Waals surface area contributed by atoms with E-state index in [1.54, 1.807) is 25.1 Å². The maximum absolute atomic E-state index is 10.9. The second kappa shape index (κ2) is 5.58. The third-order valence-corrected chi connectivity index (χ3v) is 3.24. The molecule has 1 aromatic rings. The molecule has 0 heterocycles. The molecule has 94 valence electrons. The standard InChI is InChI=1S/C11H13Cl2NO3/c1-3-11(16-2,17-10(14)15)7-5-4-6-8(12)9(7)13/h4-6H,3H2,1-2H3,(H2,14,15)/t11-/m0/s1. The van der Waals surface area contributed by atoms with Crippen LogP contribution in [0.3, 0.4) is 0 Å². The number of rotatable bonds is 4. The molecular weight excluding hydrogens is 265 g/mol. The molecule has 0 spiro atoms. The van der Waals surface area contributed by atoms with E-state index in [9.17, 15) is 4.79 Å². The predicted octanol–water partition coefficient (Wildman–Crippen LogP) is 3.30. The van der Waals surface area contributed by atoms with Gasteiger partial charge in [-0.25, -0.2) is 4.79 Å². The van der Waals surface area contributed by atoms with Crippen LogP contribution in [0.1, 0.15) is 18.9 Å². The van der Waals surface area contributed by atoms with Gasteiger partial charge in [0.1, 0.15) is 0 Å². The highest BCUT2D eigenvalue weighted by molar-refractivity contribution is 6.42. The molecule has 1 atom stereocenters. The van der Waals surface area contributed by atoms with Crippen molar-refractivity contribution in [3.63, 3.8) is 0 Å². The number of carbonyl (C=O) groups is 1. The minimum absolute atomic E-state index is 0.277. The molecule has 1 rings (SSSR count). The summed E-state index contributed by atoms with van der Waals surface area (Å²) in [7, 11) is 1.41. The summed E-state index contributed by atoms with van der Waals surface area (Å²) in [5.74, 6) is -1.31. The third-order valence-electron chi connectivity index (χ3n) is 2.42. The Labute approximate surface area is 110 Å². The number of halogens is 2. The van der Waals surface area contributed by atoms with Gasteiger partial charge in [0.25, 0.3) is 0 Å². The molecule has 0 saturated carbocycles. The van der Waals surface area contributed by atoms with E-state index >= 15 is 0 Å². The van der Waals surface area contributed by atoms with Crippen LogP contribution in [0.4, 0.5) is 4.79 Å². The number of nitrogens with two attached hydrogens (primary N) is 1. The largest absolute Gasteiger partial charge is 0.413 e. The number of methoxy groups -OCH3 is 1. The highest BCUT2D eigenvalue weighted by Gasteiger charge is 2.36. The first kappa shape index (κ1) is 14.1. The molecule has 6 heteroatoms. The summed E-state index contributed by atoms with van der Waals surface area (Å²) in [6.45, 7) is 1.78. The number of hydrogen-bond donors (Lipinski definition) is 1. The minimum Gasteiger partial charge on any atom is -0.413 e. The lowest BCUT2D eigenvalue weighted by molar-refractivity contribution is -0.193. The van der Waals surface area contributed by atoms with Crippen molar-refractivity contribution in [2.24, 2.45) is 5.73 Å². The van der Waals surface area contributed by atoms with Gasteiger partial charge in [0.2, 0.25) is 5.79 Å². The molecule has 4 nitrogen and oxygen atoms in total. The fourth-order valence-corrected chi connectivity index (χ4v) is 2.02. The van der Waals surface area contributed by atoms with Crippen LogP contribution < -0.4 is 5.73 Å². The molecule has 17 heavy (non-hydrogen) atoms. The van der Waals surface area contributed by atoms with Crippen LogP contribution in [0.2, 0.25) is 10.0 Å². The first-order chi connectivity index (χ1) is 7.96. The number of primary amides is 1. The van der Waals surface area contributed by atoms with Crippen LogP contribution >= 0.6 is 23.2 Å². The number of amides is 1. The number of carbonyl (C=O) groups excluding carboxylic acids is 1. The second-order valence-corrected chi connectivity index (χ2v) is 4.12. The van der Waals surface area contributed by atoms with Gasteiger partial charge in [0.15, 0.2) is 0 Å². The topological polar surface area (TPSA) is 61.6 Å². The molecule has 0 radical (unpaired) electrons. The molecule has 0 fully saturated rings. The molecule has 1 amide bonds. The van der Waals surface area contributed by atoms with E-state index in [1.165, 1.54) is 7.11 Å². The van der Waals surface area contributed by atoms with Gasteiger partial charge in [0, 0.05) is 19.1 Å². The molecule has 2 N–H and O–H groups in total. The van der Waals surface area contributed by atoms with Crippen molar-refractivity contribution in [2.45, 2.75) is 19.1 Å². The normalized spacial score (nSPS) is 14.1. The van der Waals surface area contributed by atoms with E-state index in [0.717, 1.165) is 0 Å². The maximum Gasteiger partial charge on any atom is 0.407 e. The van der Waals surface area contributed by atoms with E-state index in [4.69, 9.17) is 38.4 Å². The lowest BCUT2D eigenvalue weighted by Gasteiger charge is -2.31. The summed E-state index contributed by atoms with van der Waals surface area (Å²) in [6, 6.07) is 5.00. The van der Waals surface area contributed by atoms with Gasteiger partial charge in [-0.1, -0.05) is 42.3 Å². The summed E-state index contributed by atoms with van der Waals surface area (Å²) in [5, 5.41) is 0.631. The molecule has 0 bridgehead atoms. The molecule has 0 saturated heterocycles. The molecule has 0 aliphatic heterocycles. The predicted molar refractivity (Wildman–Crippen MR) is 66.1 cm³/mol. The van der Waals surface area contributed by atoms with Crippen molar-refractivity contribution in [2.75, 3.05) is 7.11 Å². The van der Waals surface area contributed by atoms with Crippen LogP contribution in [0, 0.1) is 0 Å². The number of benzene rings is 1.